The number of nitrogens with one attached hydrogen (secondary N) is 1. The Morgan fingerprint density at radius 3 is 2.36 bits per heavy atom. The van der Waals surface area contributed by atoms with Crippen LogP contribution in [0, 0.1) is 0 Å². The van der Waals surface area contributed by atoms with Crippen molar-refractivity contribution in [3.63, 3.8) is 0 Å². The molecule has 8 nitrogen and oxygen atoms in total. The van der Waals surface area contributed by atoms with Crippen molar-refractivity contribution in [2.75, 3.05) is 19.7 Å². The minimum Gasteiger partial charge on any atom is -0.450 e. The number of likely N-dealkylation sites (tertiary alicyclic amines) is 1. The lowest BCUT2D eigenvalue weighted by atomic mass is 10.0. The average molecular weight is 449 g/mol. The van der Waals surface area contributed by atoms with Crippen molar-refractivity contribution in [2.24, 2.45) is 0 Å². The van der Waals surface area contributed by atoms with Gasteiger partial charge in [0.05, 0.1) is 6.61 Å². The smallest absolute Gasteiger partial charge is 0.409 e. The van der Waals surface area contributed by atoms with Gasteiger partial charge in [0, 0.05) is 37.5 Å². The van der Waals surface area contributed by atoms with E-state index in [9.17, 15) is 9.59 Å². The molecule has 8 heteroatoms. The molecule has 1 N–H and O–H groups in total. The van der Waals surface area contributed by atoms with E-state index >= 15 is 0 Å². The first-order chi connectivity index (χ1) is 16.1. The average Bonchev–Trinajstić information content (AvgIpc) is 3.33. The van der Waals surface area contributed by atoms with Crippen molar-refractivity contribution in [2.45, 2.75) is 38.6 Å². The van der Waals surface area contributed by atoms with Gasteiger partial charge in [0.25, 0.3) is 0 Å². The van der Waals surface area contributed by atoms with Gasteiger partial charge in [0.15, 0.2) is 0 Å². The summed E-state index contributed by atoms with van der Waals surface area (Å²) in [6.07, 6.45) is 1.79. The van der Waals surface area contributed by atoms with Crippen LogP contribution >= 0.6 is 0 Å². The van der Waals surface area contributed by atoms with Crippen molar-refractivity contribution >= 4 is 12.0 Å². The molecule has 3 aromatic rings. The lowest BCUT2D eigenvalue weighted by molar-refractivity contribution is -0.122. The van der Waals surface area contributed by atoms with Crippen LogP contribution in [0.5, 0.6) is 0 Å². The number of carbonyl (C=O) groups is 2. The van der Waals surface area contributed by atoms with Gasteiger partial charge < -0.3 is 19.4 Å². The van der Waals surface area contributed by atoms with E-state index in [4.69, 9.17) is 9.15 Å². The van der Waals surface area contributed by atoms with Crippen LogP contribution in [-0.4, -0.2) is 52.8 Å². The zero-order valence-corrected chi connectivity index (χ0v) is 18.7. The molecule has 33 heavy (non-hydrogen) atoms. The molecule has 2 amide bonds. The van der Waals surface area contributed by atoms with E-state index in [1.165, 1.54) is 0 Å². The zero-order chi connectivity index (χ0) is 23.0. The molecule has 172 valence electrons. The number of amides is 2. The molecule has 1 aliphatic rings. The molecule has 1 aromatic heterocycles. The van der Waals surface area contributed by atoms with E-state index in [0.29, 0.717) is 50.7 Å². The van der Waals surface area contributed by atoms with E-state index in [-0.39, 0.29) is 24.5 Å². The maximum atomic E-state index is 12.3. The molecule has 1 saturated heterocycles. The Hall–Kier alpha value is -3.68. The highest BCUT2D eigenvalue weighted by molar-refractivity contribution is 5.76. The van der Waals surface area contributed by atoms with Gasteiger partial charge in [-0.1, -0.05) is 42.5 Å². The summed E-state index contributed by atoms with van der Waals surface area (Å²) < 4.78 is 10.8. The molecule has 0 aliphatic carbocycles. The first kappa shape index (κ1) is 22.5. The van der Waals surface area contributed by atoms with Crippen LogP contribution in [0.15, 0.2) is 59.0 Å². The second-order valence-corrected chi connectivity index (χ2v) is 7.97. The highest BCUT2D eigenvalue weighted by atomic mass is 16.6. The number of piperidine rings is 1. The van der Waals surface area contributed by atoms with Crippen LogP contribution < -0.4 is 5.32 Å². The van der Waals surface area contributed by atoms with E-state index in [1.807, 2.05) is 42.5 Å². The van der Waals surface area contributed by atoms with Crippen molar-refractivity contribution in [1.82, 2.24) is 20.4 Å². The van der Waals surface area contributed by atoms with Crippen LogP contribution in [0.2, 0.25) is 0 Å². The predicted octanol–water partition coefficient (Wildman–Crippen LogP) is 4.07. The minimum absolute atomic E-state index is 0.0588. The van der Waals surface area contributed by atoms with E-state index in [1.54, 1.807) is 11.8 Å². The Bertz CT molecular complexity index is 1060. The number of aromatic nitrogens is 2. The van der Waals surface area contributed by atoms with Crippen LogP contribution in [-0.2, 0) is 16.0 Å². The SMILES string of the molecule is CCOC(=O)N1CCC(NC(=O)CCc2nnc(-c3ccc(-c4ccccc4)cc3)o2)CC1. The highest BCUT2D eigenvalue weighted by Gasteiger charge is 2.24. The molecule has 1 fully saturated rings. The summed E-state index contributed by atoms with van der Waals surface area (Å²) in [6, 6.07) is 18.2. The van der Waals surface area contributed by atoms with Gasteiger partial charge in [0.2, 0.25) is 17.7 Å². The number of carbonyl (C=O) groups excluding carboxylic acids is 2. The van der Waals surface area contributed by atoms with E-state index in [0.717, 1.165) is 16.7 Å². The van der Waals surface area contributed by atoms with Gasteiger partial charge in [0.1, 0.15) is 0 Å². The van der Waals surface area contributed by atoms with Crippen molar-refractivity contribution in [3.05, 3.63) is 60.5 Å². The molecule has 0 radical (unpaired) electrons. The second kappa shape index (κ2) is 10.8. The Labute approximate surface area is 193 Å². The van der Waals surface area contributed by atoms with Gasteiger partial charge in [-0.3, -0.25) is 4.79 Å². The van der Waals surface area contributed by atoms with Crippen molar-refractivity contribution < 1.29 is 18.7 Å². The third kappa shape index (κ3) is 5.97. The van der Waals surface area contributed by atoms with Crippen molar-refractivity contribution in [3.8, 4) is 22.6 Å². The monoisotopic (exact) mass is 448 g/mol. The number of ether oxygens (including phenoxy) is 1. The Morgan fingerprint density at radius 2 is 1.67 bits per heavy atom. The molecular formula is C25H28N4O4. The van der Waals surface area contributed by atoms with E-state index in [2.05, 4.69) is 27.6 Å². The number of benzene rings is 2. The number of nitrogens with zero attached hydrogens (tertiary/aromatic N) is 3. The molecule has 0 unspecified atom stereocenters. The summed E-state index contributed by atoms with van der Waals surface area (Å²) in [5.74, 6) is 0.817. The summed E-state index contributed by atoms with van der Waals surface area (Å²) in [5.41, 5.74) is 3.10. The van der Waals surface area contributed by atoms with Gasteiger partial charge in [-0.25, -0.2) is 4.79 Å². The first-order valence-electron chi connectivity index (χ1n) is 11.3. The highest BCUT2D eigenvalue weighted by Crippen LogP contribution is 2.24. The van der Waals surface area contributed by atoms with Crippen LogP contribution in [0.1, 0.15) is 32.1 Å². The third-order valence-corrected chi connectivity index (χ3v) is 5.66. The summed E-state index contributed by atoms with van der Waals surface area (Å²) in [6.45, 7) is 3.32. The fraction of sp³-hybridized carbons (Fsp3) is 0.360. The largest absolute Gasteiger partial charge is 0.450 e. The number of hydrogen-bond donors (Lipinski definition) is 1. The maximum Gasteiger partial charge on any atom is 0.409 e. The molecular weight excluding hydrogens is 420 g/mol. The summed E-state index contributed by atoms with van der Waals surface area (Å²) in [7, 11) is 0. The van der Waals surface area contributed by atoms with Gasteiger partial charge >= 0.3 is 6.09 Å². The van der Waals surface area contributed by atoms with E-state index < -0.39 is 0 Å². The summed E-state index contributed by atoms with van der Waals surface area (Å²) >= 11 is 0. The Balaban J connectivity index is 1.24. The second-order valence-electron chi connectivity index (χ2n) is 7.97. The van der Waals surface area contributed by atoms with Crippen LogP contribution in [0.25, 0.3) is 22.6 Å². The number of hydrogen-bond acceptors (Lipinski definition) is 6. The standard InChI is InChI=1S/C25H28N4O4/c1-2-32-25(31)29-16-14-21(15-17-29)26-22(30)12-13-23-27-28-24(33-23)20-10-8-19(9-11-20)18-6-4-3-5-7-18/h3-11,21H,2,12-17H2,1H3,(H,26,30). The fourth-order valence-corrected chi connectivity index (χ4v) is 3.85. The molecule has 4 rings (SSSR count). The molecule has 1 aliphatic heterocycles. The predicted molar refractivity (Wildman–Crippen MR) is 123 cm³/mol. The molecule has 0 atom stereocenters. The van der Waals surface area contributed by atoms with Gasteiger partial charge in [-0.15, -0.1) is 10.2 Å². The molecule has 0 bridgehead atoms. The van der Waals surface area contributed by atoms with Gasteiger partial charge in [-0.2, -0.15) is 0 Å². The molecule has 2 heterocycles. The topological polar surface area (TPSA) is 97.6 Å². The Morgan fingerprint density at radius 1 is 1.00 bits per heavy atom. The molecule has 0 saturated carbocycles. The number of rotatable bonds is 7. The minimum atomic E-state index is -0.288. The summed E-state index contributed by atoms with van der Waals surface area (Å²) in [5, 5.41) is 11.2. The molecule has 0 spiro atoms. The zero-order valence-electron chi connectivity index (χ0n) is 18.7. The lowest BCUT2D eigenvalue weighted by Crippen LogP contribution is -2.46. The summed E-state index contributed by atoms with van der Waals surface area (Å²) in [4.78, 5) is 25.8. The lowest BCUT2D eigenvalue weighted by Gasteiger charge is -2.31. The molecule has 2 aromatic carbocycles. The Kier molecular flexibility index (Phi) is 7.34. The maximum absolute atomic E-state index is 12.3. The van der Waals surface area contributed by atoms with Crippen molar-refractivity contribution in [1.29, 1.82) is 0 Å². The van der Waals surface area contributed by atoms with Crippen LogP contribution in [0.3, 0.4) is 0 Å². The van der Waals surface area contributed by atoms with Crippen LogP contribution in [0.4, 0.5) is 4.79 Å². The third-order valence-electron chi connectivity index (χ3n) is 5.66. The van der Waals surface area contributed by atoms with Gasteiger partial charge in [-0.05, 0) is 43.0 Å². The first-order valence-corrected chi connectivity index (χ1v) is 11.3. The normalized spacial score (nSPS) is 14.2. The fourth-order valence-electron chi connectivity index (χ4n) is 3.85. The number of aryl methyl sites for hydroxylation is 1. The quantitative estimate of drug-likeness (QED) is 0.585.